The Morgan fingerprint density at radius 3 is 2.83 bits per heavy atom. The highest BCUT2D eigenvalue weighted by molar-refractivity contribution is 6.19. The zero-order valence-electron chi connectivity index (χ0n) is 6.85. The molecule has 0 fully saturated rings. The Morgan fingerprint density at radius 2 is 2.25 bits per heavy atom. The second-order valence-corrected chi connectivity index (χ2v) is 2.87. The van der Waals surface area contributed by atoms with Gasteiger partial charge >= 0.3 is 0 Å². The van der Waals surface area contributed by atoms with E-state index >= 15 is 0 Å². The first-order chi connectivity index (χ1) is 5.74. The Hall–Kier alpha value is -0.820. The molecule has 12 heavy (non-hydrogen) atoms. The number of hydrogen-bond acceptors (Lipinski definition) is 0. The zero-order chi connectivity index (χ0) is 8.97. The van der Waals surface area contributed by atoms with Gasteiger partial charge in [0.15, 0.2) is 0 Å². The molecule has 0 saturated carbocycles. The van der Waals surface area contributed by atoms with Crippen LogP contribution in [0.5, 0.6) is 0 Å². The molecule has 0 spiro atoms. The van der Waals surface area contributed by atoms with Crippen molar-refractivity contribution in [2.45, 2.75) is 6.92 Å². The highest BCUT2D eigenvalue weighted by Crippen LogP contribution is 2.11. The summed E-state index contributed by atoms with van der Waals surface area (Å²) in [5.74, 6) is 0.284. The van der Waals surface area contributed by atoms with Gasteiger partial charge < -0.3 is 0 Å². The molecule has 0 heterocycles. The predicted molar refractivity (Wildman–Crippen MR) is 50.9 cm³/mol. The molecule has 0 radical (unpaired) electrons. The number of allylic oxidation sites excluding steroid dienone is 1. The molecule has 0 amide bonds. The summed E-state index contributed by atoms with van der Waals surface area (Å²) in [4.78, 5) is 0. The van der Waals surface area contributed by atoms with Crippen LogP contribution in [0.3, 0.4) is 0 Å². The van der Waals surface area contributed by atoms with Crippen LogP contribution in [0, 0.1) is 12.7 Å². The van der Waals surface area contributed by atoms with Gasteiger partial charge in [0.25, 0.3) is 0 Å². The molecule has 0 unspecified atom stereocenters. The summed E-state index contributed by atoms with van der Waals surface area (Å²) in [5, 5.41) is 0. The smallest absolute Gasteiger partial charge is 0.123 e. The normalized spacial score (nSPS) is 10.9. The molecule has 2 heteroatoms. The fourth-order valence-corrected chi connectivity index (χ4v) is 1.09. The van der Waals surface area contributed by atoms with Crippen LogP contribution in [0.15, 0.2) is 24.3 Å². The van der Waals surface area contributed by atoms with Gasteiger partial charge in [0.05, 0.1) is 0 Å². The maximum absolute atomic E-state index is 12.6. The van der Waals surface area contributed by atoms with Crippen molar-refractivity contribution in [1.29, 1.82) is 0 Å². The average molecular weight is 185 g/mol. The summed E-state index contributed by atoms with van der Waals surface area (Å²) < 4.78 is 12.6. The molecule has 0 N–H and O–H groups in total. The van der Waals surface area contributed by atoms with Crippen LogP contribution < -0.4 is 0 Å². The minimum atomic E-state index is -0.199. The summed E-state index contributed by atoms with van der Waals surface area (Å²) >= 11 is 5.47. The first-order valence-corrected chi connectivity index (χ1v) is 4.26. The predicted octanol–water partition coefficient (Wildman–Crippen LogP) is 3.39. The summed E-state index contributed by atoms with van der Waals surface area (Å²) in [5.41, 5.74) is 1.94. The average Bonchev–Trinajstić information content (AvgIpc) is 2.03. The molecule has 1 aromatic rings. The van der Waals surface area contributed by atoms with Gasteiger partial charge in [-0.05, 0) is 30.2 Å². The van der Waals surface area contributed by atoms with Crippen LogP contribution in [0.2, 0.25) is 0 Å². The molecule has 0 bridgehead atoms. The molecule has 1 aromatic carbocycles. The third kappa shape index (κ3) is 2.35. The molecule has 0 aliphatic heterocycles. The number of halogens is 2. The van der Waals surface area contributed by atoms with Gasteiger partial charge in [-0.2, -0.15) is 0 Å². The van der Waals surface area contributed by atoms with Gasteiger partial charge in [-0.3, -0.25) is 0 Å². The minimum absolute atomic E-state index is 0.199. The van der Waals surface area contributed by atoms with Crippen molar-refractivity contribution in [2.24, 2.45) is 0 Å². The van der Waals surface area contributed by atoms with Crippen molar-refractivity contribution in [3.8, 4) is 0 Å². The van der Waals surface area contributed by atoms with Crippen molar-refractivity contribution < 1.29 is 4.39 Å². The summed E-state index contributed by atoms with van der Waals surface area (Å²) in [6.07, 6.45) is 3.73. The van der Waals surface area contributed by atoms with E-state index in [4.69, 9.17) is 11.6 Å². The largest absolute Gasteiger partial charge is 0.207 e. The highest BCUT2D eigenvalue weighted by atomic mass is 35.5. The van der Waals surface area contributed by atoms with Crippen molar-refractivity contribution in [3.05, 3.63) is 41.2 Å². The summed E-state index contributed by atoms with van der Waals surface area (Å²) in [6.45, 7) is 1.87. The lowest BCUT2D eigenvalue weighted by Crippen LogP contribution is -1.82. The lowest BCUT2D eigenvalue weighted by molar-refractivity contribution is 0.626. The van der Waals surface area contributed by atoms with Crippen molar-refractivity contribution in [3.63, 3.8) is 0 Å². The van der Waals surface area contributed by atoms with E-state index in [1.54, 1.807) is 6.07 Å². The molecule has 0 nitrogen and oxygen atoms in total. The number of rotatable bonds is 2. The van der Waals surface area contributed by atoms with Crippen LogP contribution in [0.1, 0.15) is 11.1 Å². The number of benzene rings is 1. The Balaban J connectivity index is 2.94. The third-order valence-electron chi connectivity index (χ3n) is 1.62. The molecule has 0 aliphatic carbocycles. The molecule has 0 saturated heterocycles. The molecule has 0 aromatic heterocycles. The Morgan fingerprint density at radius 1 is 1.50 bits per heavy atom. The molecule has 0 atom stereocenters. The topological polar surface area (TPSA) is 0 Å². The van der Waals surface area contributed by atoms with Crippen LogP contribution in [0.4, 0.5) is 4.39 Å². The highest BCUT2D eigenvalue weighted by Gasteiger charge is 1.94. The lowest BCUT2D eigenvalue weighted by Gasteiger charge is -1.98. The third-order valence-corrected chi connectivity index (χ3v) is 1.80. The first-order valence-electron chi connectivity index (χ1n) is 3.72. The number of hydrogen-bond donors (Lipinski definition) is 0. The fourth-order valence-electron chi connectivity index (χ4n) is 0.998. The molecule has 0 aliphatic rings. The van der Waals surface area contributed by atoms with Crippen LogP contribution in [0.25, 0.3) is 6.08 Å². The summed E-state index contributed by atoms with van der Waals surface area (Å²) in [7, 11) is 0. The van der Waals surface area contributed by atoms with E-state index in [1.807, 2.05) is 19.1 Å². The standard InChI is InChI=1S/C10H10ClF/c1-8-7-10(12)5-4-9(8)3-2-6-11/h2-5,7H,6H2,1H3/b3-2+. The zero-order valence-corrected chi connectivity index (χ0v) is 7.61. The first kappa shape index (κ1) is 9.27. The van der Waals surface area contributed by atoms with E-state index in [0.717, 1.165) is 11.1 Å². The van der Waals surface area contributed by atoms with E-state index in [2.05, 4.69) is 0 Å². The monoisotopic (exact) mass is 184 g/mol. The van der Waals surface area contributed by atoms with Gasteiger partial charge in [0.1, 0.15) is 5.82 Å². The van der Waals surface area contributed by atoms with Crippen LogP contribution >= 0.6 is 11.6 Å². The lowest BCUT2D eigenvalue weighted by atomic mass is 10.1. The molecular formula is C10H10ClF. The van der Waals surface area contributed by atoms with E-state index < -0.39 is 0 Å². The maximum atomic E-state index is 12.6. The van der Waals surface area contributed by atoms with Gasteiger partial charge in [-0.1, -0.05) is 18.2 Å². The van der Waals surface area contributed by atoms with Crippen molar-refractivity contribution in [1.82, 2.24) is 0 Å². The van der Waals surface area contributed by atoms with Gasteiger partial charge in [0.2, 0.25) is 0 Å². The molecular weight excluding hydrogens is 175 g/mol. The van der Waals surface area contributed by atoms with Gasteiger partial charge in [-0.15, -0.1) is 11.6 Å². The van der Waals surface area contributed by atoms with E-state index in [9.17, 15) is 4.39 Å². The summed E-state index contributed by atoms with van der Waals surface area (Å²) in [6, 6.07) is 4.70. The quantitative estimate of drug-likeness (QED) is 0.619. The number of alkyl halides is 1. The maximum Gasteiger partial charge on any atom is 0.123 e. The Labute approximate surface area is 76.7 Å². The van der Waals surface area contributed by atoms with Crippen molar-refractivity contribution >= 4 is 17.7 Å². The Bertz CT molecular complexity index is 292. The fraction of sp³-hybridized carbons (Fsp3) is 0.200. The van der Waals surface area contributed by atoms with E-state index in [-0.39, 0.29) is 5.82 Å². The second kappa shape index (κ2) is 4.27. The van der Waals surface area contributed by atoms with E-state index in [0.29, 0.717) is 5.88 Å². The molecule has 1 rings (SSSR count). The SMILES string of the molecule is Cc1cc(F)ccc1/C=C/CCl. The second-order valence-electron chi connectivity index (χ2n) is 2.56. The Kier molecular flexibility index (Phi) is 3.30. The van der Waals surface area contributed by atoms with Crippen molar-refractivity contribution in [2.75, 3.05) is 5.88 Å². The molecule has 64 valence electrons. The number of aryl methyl sites for hydroxylation is 1. The van der Waals surface area contributed by atoms with Gasteiger partial charge in [0, 0.05) is 5.88 Å². The van der Waals surface area contributed by atoms with E-state index in [1.165, 1.54) is 12.1 Å². The van der Waals surface area contributed by atoms with Gasteiger partial charge in [-0.25, -0.2) is 4.39 Å². The minimum Gasteiger partial charge on any atom is -0.207 e. The van der Waals surface area contributed by atoms with Crippen LogP contribution in [-0.4, -0.2) is 5.88 Å². The van der Waals surface area contributed by atoms with Crippen LogP contribution in [-0.2, 0) is 0 Å².